The highest BCUT2D eigenvalue weighted by Gasteiger charge is 2.38. The Morgan fingerprint density at radius 1 is 1.21 bits per heavy atom. The summed E-state index contributed by atoms with van der Waals surface area (Å²) >= 11 is 0. The Morgan fingerprint density at radius 2 is 2.00 bits per heavy atom. The quantitative estimate of drug-likeness (QED) is 0.533. The van der Waals surface area contributed by atoms with Crippen LogP contribution in [0.5, 0.6) is 0 Å². The maximum atomic E-state index is 13.1. The highest BCUT2D eigenvalue weighted by Crippen LogP contribution is 2.40. The van der Waals surface area contributed by atoms with Crippen LogP contribution in [0.2, 0.25) is 0 Å². The third-order valence-electron chi connectivity index (χ3n) is 4.91. The molecule has 1 fully saturated rings. The van der Waals surface area contributed by atoms with Crippen LogP contribution in [0.25, 0.3) is 17.0 Å². The third-order valence-corrected chi connectivity index (χ3v) is 4.91. The van der Waals surface area contributed by atoms with Crippen LogP contribution in [0, 0.1) is 6.92 Å². The first-order valence-electron chi connectivity index (χ1n) is 9.18. The van der Waals surface area contributed by atoms with Gasteiger partial charge in [0.15, 0.2) is 0 Å². The first-order valence-corrected chi connectivity index (χ1v) is 9.18. The summed E-state index contributed by atoms with van der Waals surface area (Å²) in [6.45, 7) is 3.86. The number of fused-ring (bicyclic) bond motifs is 1. The van der Waals surface area contributed by atoms with Crippen LogP contribution >= 0.6 is 0 Å². The van der Waals surface area contributed by atoms with Crippen molar-refractivity contribution in [3.05, 3.63) is 48.5 Å². The van der Waals surface area contributed by atoms with Gasteiger partial charge in [0.2, 0.25) is 11.7 Å². The van der Waals surface area contributed by atoms with Gasteiger partial charge in [0.25, 0.3) is 5.91 Å². The zero-order chi connectivity index (χ0) is 20.0. The highest BCUT2D eigenvalue weighted by molar-refractivity contribution is 6.15. The average molecular weight is 390 g/mol. The standard InChI is InChI=1S/C19H18N8O2/c1-11-13(14-15(26-19(2)4-5-19)22-10-23-17(14)29-11)16(28)25-12-8-24-27(9-12)18-20-6-3-7-21-18/h3,6-10H,4-5H2,1-2H3,(H,25,28)(H,22,23,26). The number of aromatic nitrogens is 6. The molecule has 5 rings (SSSR count). The largest absolute Gasteiger partial charge is 0.442 e. The summed E-state index contributed by atoms with van der Waals surface area (Å²) in [5.74, 6) is 1.16. The van der Waals surface area contributed by atoms with E-state index in [4.69, 9.17) is 4.42 Å². The molecule has 1 saturated carbocycles. The van der Waals surface area contributed by atoms with E-state index in [0.29, 0.717) is 39.9 Å². The highest BCUT2D eigenvalue weighted by atomic mass is 16.3. The number of rotatable bonds is 5. The smallest absolute Gasteiger partial charge is 0.260 e. The van der Waals surface area contributed by atoms with E-state index in [1.807, 2.05) is 0 Å². The molecule has 4 heterocycles. The zero-order valence-corrected chi connectivity index (χ0v) is 15.9. The predicted molar refractivity (Wildman–Crippen MR) is 105 cm³/mol. The number of carbonyl (C=O) groups excluding carboxylic acids is 1. The Balaban J connectivity index is 1.47. The molecule has 1 aliphatic carbocycles. The number of hydrogen-bond acceptors (Lipinski definition) is 8. The van der Waals surface area contributed by atoms with Gasteiger partial charge >= 0.3 is 0 Å². The van der Waals surface area contributed by atoms with Crippen molar-refractivity contribution in [3.8, 4) is 5.95 Å². The second-order valence-electron chi connectivity index (χ2n) is 7.30. The van der Waals surface area contributed by atoms with Crippen LogP contribution in [0.15, 0.2) is 41.6 Å². The number of hydrogen-bond donors (Lipinski definition) is 2. The van der Waals surface area contributed by atoms with Crippen LogP contribution in [-0.4, -0.2) is 41.2 Å². The third kappa shape index (κ3) is 3.18. The van der Waals surface area contributed by atoms with Crippen LogP contribution in [0.1, 0.15) is 35.9 Å². The summed E-state index contributed by atoms with van der Waals surface area (Å²) in [5, 5.41) is 11.0. The second kappa shape index (κ2) is 6.36. The molecule has 1 amide bonds. The van der Waals surface area contributed by atoms with Gasteiger partial charge in [-0.3, -0.25) is 4.79 Å². The Morgan fingerprint density at radius 3 is 2.76 bits per heavy atom. The van der Waals surface area contributed by atoms with Gasteiger partial charge in [-0.15, -0.1) is 0 Å². The zero-order valence-electron chi connectivity index (χ0n) is 15.9. The van der Waals surface area contributed by atoms with E-state index in [0.717, 1.165) is 12.8 Å². The lowest BCUT2D eigenvalue weighted by atomic mass is 10.1. The molecule has 0 aromatic carbocycles. The van der Waals surface area contributed by atoms with Gasteiger partial charge in [-0.2, -0.15) is 5.10 Å². The molecule has 0 radical (unpaired) electrons. The van der Waals surface area contributed by atoms with Crippen molar-refractivity contribution in [2.24, 2.45) is 0 Å². The van der Waals surface area contributed by atoms with Crippen LogP contribution in [0.3, 0.4) is 0 Å². The van der Waals surface area contributed by atoms with Crippen molar-refractivity contribution in [3.63, 3.8) is 0 Å². The Bertz CT molecular complexity index is 1210. The summed E-state index contributed by atoms with van der Waals surface area (Å²) < 4.78 is 7.20. The molecule has 0 saturated heterocycles. The van der Waals surface area contributed by atoms with E-state index in [9.17, 15) is 4.79 Å². The van der Waals surface area contributed by atoms with E-state index in [1.165, 1.54) is 17.2 Å². The van der Waals surface area contributed by atoms with Crippen molar-refractivity contribution in [1.82, 2.24) is 29.7 Å². The van der Waals surface area contributed by atoms with Crippen molar-refractivity contribution < 1.29 is 9.21 Å². The van der Waals surface area contributed by atoms with E-state index in [-0.39, 0.29) is 11.4 Å². The normalized spacial score (nSPS) is 14.7. The maximum Gasteiger partial charge on any atom is 0.260 e. The summed E-state index contributed by atoms with van der Waals surface area (Å²) in [6, 6.07) is 1.72. The fourth-order valence-corrected chi connectivity index (χ4v) is 3.11. The van der Waals surface area contributed by atoms with E-state index < -0.39 is 0 Å². The molecule has 0 unspecified atom stereocenters. The fraction of sp³-hybridized carbons (Fsp3) is 0.263. The predicted octanol–water partition coefficient (Wildman–Crippen LogP) is 2.72. The SMILES string of the molecule is Cc1oc2ncnc(NC3(C)CC3)c2c1C(=O)Nc1cnn(-c2ncccn2)c1. The summed E-state index contributed by atoms with van der Waals surface area (Å²) in [4.78, 5) is 29.9. The lowest BCUT2D eigenvalue weighted by molar-refractivity contribution is 0.102. The molecule has 0 aliphatic heterocycles. The molecule has 2 N–H and O–H groups in total. The lowest BCUT2D eigenvalue weighted by Gasteiger charge is -2.13. The lowest BCUT2D eigenvalue weighted by Crippen LogP contribution is -2.18. The van der Waals surface area contributed by atoms with Gasteiger partial charge in [0.1, 0.15) is 17.9 Å². The minimum Gasteiger partial charge on any atom is -0.442 e. The van der Waals surface area contributed by atoms with Crippen LogP contribution < -0.4 is 10.6 Å². The second-order valence-corrected chi connectivity index (χ2v) is 7.30. The van der Waals surface area contributed by atoms with Crippen molar-refractivity contribution in [1.29, 1.82) is 0 Å². The molecule has 1 aliphatic rings. The number of amides is 1. The molecular weight excluding hydrogens is 372 g/mol. The number of anilines is 2. The van der Waals surface area contributed by atoms with Crippen molar-refractivity contribution in [2.45, 2.75) is 32.2 Å². The minimum atomic E-state index is -0.325. The fourth-order valence-electron chi connectivity index (χ4n) is 3.11. The van der Waals surface area contributed by atoms with Gasteiger partial charge < -0.3 is 15.1 Å². The first-order chi connectivity index (χ1) is 14.0. The number of furan rings is 1. The van der Waals surface area contributed by atoms with Gasteiger partial charge in [-0.25, -0.2) is 24.6 Å². The molecule has 4 aromatic heterocycles. The topological polar surface area (TPSA) is 124 Å². The Labute approximate surface area is 165 Å². The molecule has 29 heavy (non-hydrogen) atoms. The minimum absolute atomic E-state index is 0.00295. The summed E-state index contributed by atoms with van der Waals surface area (Å²) in [5.41, 5.74) is 1.28. The molecule has 146 valence electrons. The molecule has 10 nitrogen and oxygen atoms in total. The molecule has 0 bridgehead atoms. The van der Waals surface area contributed by atoms with Gasteiger partial charge in [-0.1, -0.05) is 0 Å². The van der Waals surface area contributed by atoms with E-state index in [1.54, 1.807) is 31.6 Å². The Hall–Kier alpha value is -3.82. The van der Waals surface area contributed by atoms with Gasteiger partial charge in [-0.05, 0) is 32.8 Å². The summed E-state index contributed by atoms with van der Waals surface area (Å²) in [7, 11) is 0. The number of carbonyl (C=O) groups is 1. The molecule has 4 aromatic rings. The monoisotopic (exact) mass is 390 g/mol. The average Bonchev–Trinajstić information content (AvgIpc) is 3.12. The Kier molecular flexibility index (Phi) is 3.79. The maximum absolute atomic E-state index is 13.1. The number of nitrogens with zero attached hydrogens (tertiary/aromatic N) is 6. The number of nitrogens with one attached hydrogen (secondary N) is 2. The summed E-state index contributed by atoms with van der Waals surface area (Å²) in [6.07, 6.45) is 9.97. The first kappa shape index (κ1) is 17.3. The van der Waals surface area contributed by atoms with E-state index >= 15 is 0 Å². The van der Waals surface area contributed by atoms with Crippen LogP contribution in [0.4, 0.5) is 11.5 Å². The molecule has 10 heteroatoms. The number of aryl methyl sites for hydroxylation is 1. The molecule has 0 atom stereocenters. The van der Waals surface area contributed by atoms with Gasteiger partial charge in [0.05, 0.1) is 29.0 Å². The van der Waals surface area contributed by atoms with Crippen molar-refractivity contribution in [2.75, 3.05) is 10.6 Å². The van der Waals surface area contributed by atoms with Crippen LogP contribution in [-0.2, 0) is 0 Å². The molecule has 0 spiro atoms. The van der Waals surface area contributed by atoms with E-state index in [2.05, 4.69) is 42.6 Å². The molecular formula is C19H18N8O2. The van der Waals surface area contributed by atoms with Crippen molar-refractivity contribution >= 4 is 28.5 Å². The van der Waals surface area contributed by atoms with Gasteiger partial charge in [0, 0.05) is 17.9 Å².